The summed E-state index contributed by atoms with van der Waals surface area (Å²) >= 11 is 0. The van der Waals surface area contributed by atoms with Gasteiger partial charge in [-0.1, -0.05) is 24.3 Å². The lowest BCUT2D eigenvalue weighted by Gasteiger charge is -2.35. The summed E-state index contributed by atoms with van der Waals surface area (Å²) in [6.07, 6.45) is -1.68. The van der Waals surface area contributed by atoms with Gasteiger partial charge in [0.2, 0.25) is 0 Å². The average molecular weight is 293 g/mol. The minimum Gasteiger partial charge on any atom is -0.481 e. The van der Waals surface area contributed by atoms with E-state index in [0.717, 1.165) is 4.90 Å². The van der Waals surface area contributed by atoms with Crippen LogP contribution in [0.4, 0.5) is 4.79 Å². The molecule has 0 aromatic heterocycles. The molecule has 0 aliphatic carbocycles. The predicted octanol–water partition coefficient (Wildman–Crippen LogP) is 1.44. The molecule has 0 saturated carbocycles. The van der Waals surface area contributed by atoms with Gasteiger partial charge in [0.25, 0.3) is 0 Å². The molecule has 7 heteroatoms. The number of fused-ring (bicyclic) bond motifs is 1. The van der Waals surface area contributed by atoms with E-state index in [9.17, 15) is 19.5 Å². The van der Waals surface area contributed by atoms with E-state index in [1.54, 1.807) is 24.3 Å². The molecule has 0 fully saturated rings. The zero-order chi connectivity index (χ0) is 15.6. The van der Waals surface area contributed by atoms with Gasteiger partial charge in [-0.3, -0.25) is 9.59 Å². The minimum absolute atomic E-state index is 0.0173. The molecule has 1 aromatic rings. The van der Waals surface area contributed by atoms with Crippen molar-refractivity contribution in [2.24, 2.45) is 5.92 Å². The first-order valence-corrected chi connectivity index (χ1v) is 6.40. The highest BCUT2D eigenvalue weighted by Gasteiger charge is 2.37. The Hall–Kier alpha value is -2.57. The van der Waals surface area contributed by atoms with Gasteiger partial charge in [0.05, 0.1) is 12.3 Å². The molecule has 1 amide bonds. The fourth-order valence-electron chi connectivity index (χ4n) is 2.73. The third kappa shape index (κ3) is 3.13. The minimum atomic E-state index is -1.23. The molecule has 2 rings (SSSR count). The van der Waals surface area contributed by atoms with Gasteiger partial charge in [-0.2, -0.15) is 0 Å². The van der Waals surface area contributed by atoms with Gasteiger partial charge in [0.1, 0.15) is 0 Å². The van der Waals surface area contributed by atoms with Crippen molar-refractivity contribution in [1.82, 2.24) is 4.90 Å². The second-order valence-electron chi connectivity index (χ2n) is 5.01. The van der Waals surface area contributed by atoms with Crippen molar-refractivity contribution in [2.75, 3.05) is 6.54 Å². The van der Waals surface area contributed by atoms with Crippen LogP contribution in [0.15, 0.2) is 24.3 Å². The van der Waals surface area contributed by atoms with Crippen LogP contribution in [0, 0.1) is 5.92 Å². The Kier molecular flexibility index (Phi) is 4.11. The summed E-state index contributed by atoms with van der Waals surface area (Å²) in [5.74, 6) is -4.28. The fraction of sp³-hybridized carbons (Fsp3) is 0.357. The first-order valence-electron chi connectivity index (χ1n) is 6.40. The van der Waals surface area contributed by atoms with Gasteiger partial charge in [0, 0.05) is 19.0 Å². The smallest absolute Gasteiger partial charge is 0.407 e. The van der Waals surface area contributed by atoms with E-state index >= 15 is 0 Å². The topological polar surface area (TPSA) is 115 Å². The number of aliphatic carboxylic acids is 2. The number of hydrogen-bond donors (Lipinski definition) is 3. The van der Waals surface area contributed by atoms with Crippen LogP contribution in [0.5, 0.6) is 0 Å². The monoisotopic (exact) mass is 293 g/mol. The van der Waals surface area contributed by atoms with Crippen molar-refractivity contribution in [3.8, 4) is 0 Å². The molecule has 1 heterocycles. The molecule has 1 aromatic carbocycles. The number of benzene rings is 1. The van der Waals surface area contributed by atoms with Crippen molar-refractivity contribution in [1.29, 1.82) is 0 Å². The van der Waals surface area contributed by atoms with Crippen LogP contribution in [-0.4, -0.2) is 44.8 Å². The Morgan fingerprint density at radius 2 is 1.86 bits per heavy atom. The lowest BCUT2D eigenvalue weighted by Crippen LogP contribution is -2.41. The van der Waals surface area contributed by atoms with Gasteiger partial charge >= 0.3 is 18.0 Å². The highest BCUT2D eigenvalue weighted by atomic mass is 16.4. The van der Waals surface area contributed by atoms with E-state index in [4.69, 9.17) is 10.2 Å². The molecule has 0 bridgehead atoms. The summed E-state index contributed by atoms with van der Waals surface area (Å²) in [6.45, 7) is 0.165. The first-order chi connectivity index (χ1) is 9.90. The Balaban J connectivity index is 2.41. The number of carboxylic acid groups (broad SMARTS) is 3. The highest BCUT2D eigenvalue weighted by molar-refractivity contribution is 5.79. The molecule has 112 valence electrons. The average Bonchev–Trinajstić information content (AvgIpc) is 2.43. The summed E-state index contributed by atoms with van der Waals surface area (Å²) in [7, 11) is 0. The van der Waals surface area contributed by atoms with Crippen molar-refractivity contribution < 1.29 is 29.7 Å². The first kappa shape index (κ1) is 14.8. The lowest BCUT2D eigenvalue weighted by molar-refractivity contribution is -0.149. The van der Waals surface area contributed by atoms with E-state index in [2.05, 4.69) is 0 Å². The molecule has 0 spiro atoms. The quantitative estimate of drug-likeness (QED) is 0.773. The van der Waals surface area contributed by atoms with Crippen LogP contribution in [0.2, 0.25) is 0 Å². The number of rotatable bonds is 4. The lowest BCUT2D eigenvalue weighted by atomic mass is 9.79. The maximum absolute atomic E-state index is 11.4. The Morgan fingerprint density at radius 1 is 1.19 bits per heavy atom. The molecule has 7 nitrogen and oxygen atoms in total. The standard InChI is InChI=1S/C14H15NO6/c16-12(17)5-10(13(18)19)11-7-15(14(20)21)6-8-3-1-2-4-9(8)11/h1-4,10-11H,5-7H2,(H,16,17)(H,18,19)(H,20,21). The zero-order valence-corrected chi connectivity index (χ0v) is 11.1. The Morgan fingerprint density at radius 3 is 2.43 bits per heavy atom. The van der Waals surface area contributed by atoms with E-state index in [0.29, 0.717) is 11.1 Å². The maximum atomic E-state index is 11.4. The van der Waals surface area contributed by atoms with Gasteiger partial charge in [-0.05, 0) is 11.1 Å². The van der Waals surface area contributed by atoms with Gasteiger partial charge in [-0.25, -0.2) is 4.79 Å². The third-order valence-corrected chi connectivity index (χ3v) is 3.70. The zero-order valence-electron chi connectivity index (χ0n) is 11.1. The molecule has 3 N–H and O–H groups in total. The van der Waals surface area contributed by atoms with Crippen molar-refractivity contribution in [3.63, 3.8) is 0 Å². The summed E-state index contributed by atoms with van der Waals surface area (Å²) < 4.78 is 0. The van der Waals surface area contributed by atoms with Crippen LogP contribution in [0.1, 0.15) is 23.5 Å². The second-order valence-corrected chi connectivity index (χ2v) is 5.01. The van der Waals surface area contributed by atoms with Gasteiger partial charge < -0.3 is 20.2 Å². The molecule has 2 atom stereocenters. The van der Waals surface area contributed by atoms with Gasteiger partial charge in [0.15, 0.2) is 0 Å². The summed E-state index contributed by atoms with van der Waals surface area (Å²) in [5, 5.41) is 27.3. The molecule has 0 saturated heterocycles. The molecule has 2 unspecified atom stereocenters. The summed E-state index contributed by atoms with van der Waals surface area (Å²) in [6, 6.07) is 6.95. The van der Waals surface area contributed by atoms with Crippen LogP contribution < -0.4 is 0 Å². The van der Waals surface area contributed by atoms with Crippen LogP contribution in [0.25, 0.3) is 0 Å². The molecule has 1 aliphatic rings. The highest BCUT2D eigenvalue weighted by Crippen LogP contribution is 2.35. The van der Waals surface area contributed by atoms with Crippen molar-refractivity contribution in [2.45, 2.75) is 18.9 Å². The normalized spacial score (nSPS) is 18.7. The Labute approximate surface area is 120 Å². The number of amides is 1. The SMILES string of the molecule is O=C(O)CC(C(=O)O)C1CN(C(=O)O)Cc2ccccc21. The summed E-state index contributed by atoms with van der Waals surface area (Å²) in [4.78, 5) is 34.6. The van der Waals surface area contributed by atoms with E-state index in [-0.39, 0.29) is 13.1 Å². The molecule has 0 radical (unpaired) electrons. The molecular formula is C14H15NO6. The summed E-state index contributed by atoms with van der Waals surface area (Å²) in [5.41, 5.74) is 1.43. The number of hydrogen-bond acceptors (Lipinski definition) is 3. The third-order valence-electron chi connectivity index (χ3n) is 3.70. The molecule has 1 aliphatic heterocycles. The van der Waals surface area contributed by atoms with E-state index < -0.39 is 36.3 Å². The largest absolute Gasteiger partial charge is 0.481 e. The number of nitrogens with zero attached hydrogens (tertiary/aromatic N) is 1. The van der Waals surface area contributed by atoms with E-state index in [1.165, 1.54) is 0 Å². The maximum Gasteiger partial charge on any atom is 0.407 e. The fourth-order valence-corrected chi connectivity index (χ4v) is 2.73. The van der Waals surface area contributed by atoms with Crippen LogP contribution in [-0.2, 0) is 16.1 Å². The molecular weight excluding hydrogens is 278 g/mol. The van der Waals surface area contributed by atoms with Crippen molar-refractivity contribution >= 4 is 18.0 Å². The Bertz CT molecular complexity index is 585. The second kappa shape index (κ2) is 5.82. The predicted molar refractivity (Wildman–Crippen MR) is 71.0 cm³/mol. The van der Waals surface area contributed by atoms with E-state index in [1.807, 2.05) is 0 Å². The van der Waals surface area contributed by atoms with Crippen LogP contribution >= 0.6 is 0 Å². The number of carbonyl (C=O) groups is 3. The number of carboxylic acids is 2. The van der Waals surface area contributed by atoms with Crippen LogP contribution in [0.3, 0.4) is 0 Å². The molecule has 21 heavy (non-hydrogen) atoms. The van der Waals surface area contributed by atoms with Gasteiger partial charge in [-0.15, -0.1) is 0 Å². The van der Waals surface area contributed by atoms with Crippen molar-refractivity contribution in [3.05, 3.63) is 35.4 Å².